The molecule has 0 heterocycles. The molecule has 0 aromatic rings. The van der Waals surface area contributed by atoms with Crippen LogP contribution in [-0.4, -0.2) is 47.3 Å². The minimum absolute atomic E-state index is 0.0411. The number of ether oxygens (including phenoxy) is 1. The smallest absolute Gasteiger partial charge is 0.105 e. The van der Waals surface area contributed by atoms with E-state index in [0.717, 1.165) is 44.9 Å². The third kappa shape index (κ3) is 17.4. The first kappa shape index (κ1) is 27.8. The SMILES string of the molecule is CC(C)=CCCC(C)=CCCC(C)=CCCC(C)=CCCOC[C@H](O)[C@H](O)CO. The van der Waals surface area contributed by atoms with Gasteiger partial charge in [-0.05, 0) is 79.6 Å². The van der Waals surface area contributed by atoms with E-state index in [-0.39, 0.29) is 6.61 Å². The molecule has 0 aliphatic heterocycles. The van der Waals surface area contributed by atoms with E-state index >= 15 is 0 Å². The normalized spacial score (nSPS) is 15.4. The summed E-state index contributed by atoms with van der Waals surface area (Å²) in [5, 5.41) is 27.5. The van der Waals surface area contributed by atoms with Gasteiger partial charge in [0.15, 0.2) is 0 Å². The van der Waals surface area contributed by atoms with Crippen molar-refractivity contribution in [3.8, 4) is 0 Å². The fourth-order valence-electron chi connectivity index (χ4n) is 2.81. The molecule has 0 fully saturated rings. The summed E-state index contributed by atoms with van der Waals surface area (Å²) in [4.78, 5) is 0. The van der Waals surface area contributed by atoms with Gasteiger partial charge in [-0.25, -0.2) is 0 Å². The van der Waals surface area contributed by atoms with Crippen molar-refractivity contribution >= 4 is 0 Å². The molecule has 0 radical (unpaired) electrons. The minimum Gasteiger partial charge on any atom is -0.394 e. The van der Waals surface area contributed by atoms with Crippen molar-refractivity contribution in [3.63, 3.8) is 0 Å². The summed E-state index contributed by atoms with van der Waals surface area (Å²) in [7, 11) is 0. The largest absolute Gasteiger partial charge is 0.394 e. The molecule has 0 saturated heterocycles. The topological polar surface area (TPSA) is 69.9 Å². The Hall–Kier alpha value is -1.20. The van der Waals surface area contributed by atoms with E-state index in [2.05, 4.69) is 58.9 Å². The average Bonchev–Trinajstić information content (AvgIpc) is 2.66. The summed E-state index contributed by atoms with van der Waals surface area (Å²) in [6, 6.07) is 0. The Kier molecular flexibility index (Phi) is 16.9. The third-order valence-corrected chi connectivity index (χ3v) is 4.83. The maximum Gasteiger partial charge on any atom is 0.105 e. The van der Waals surface area contributed by atoms with Crippen LogP contribution in [-0.2, 0) is 4.74 Å². The fraction of sp³-hybridized carbons (Fsp3) is 0.680. The first-order chi connectivity index (χ1) is 13.8. The lowest BCUT2D eigenvalue weighted by molar-refractivity contribution is -0.0560. The molecule has 4 nitrogen and oxygen atoms in total. The predicted octanol–water partition coefficient (Wildman–Crippen LogP) is 5.25. The zero-order chi connectivity index (χ0) is 22.1. The van der Waals surface area contributed by atoms with Gasteiger partial charge in [0, 0.05) is 0 Å². The van der Waals surface area contributed by atoms with E-state index in [9.17, 15) is 10.2 Å². The Labute approximate surface area is 178 Å². The molecule has 29 heavy (non-hydrogen) atoms. The molecular weight excluding hydrogens is 364 g/mol. The number of rotatable bonds is 16. The highest BCUT2D eigenvalue weighted by Gasteiger charge is 2.14. The summed E-state index contributed by atoms with van der Waals surface area (Å²) < 4.78 is 5.32. The molecule has 0 saturated carbocycles. The molecule has 2 atom stereocenters. The number of hydrogen-bond acceptors (Lipinski definition) is 4. The van der Waals surface area contributed by atoms with Crippen LogP contribution in [0.25, 0.3) is 0 Å². The molecule has 0 aliphatic rings. The van der Waals surface area contributed by atoms with Gasteiger partial charge in [0.2, 0.25) is 0 Å². The lowest BCUT2D eigenvalue weighted by atomic mass is 10.0. The van der Waals surface area contributed by atoms with Crippen LogP contribution in [0.4, 0.5) is 0 Å². The van der Waals surface area contributed by atoms with E-state index in [1.54, 1.807) is 0 Å². The van der Waals surface area contributed by atoms with Gasteiger partial charge in [-0.15, -0.1) is 0 Å². The maximum atomic E-state index is 9.48. The molecule has 3 N–H and O–H groups in total. The Morgan fingerprint density at radius 3 is 1.59 bits per heavy atom. The van der Waals surface area contributed by atoms with Gasteiger partial charge < -0.3 is 20.1 Å². The third-order valence-electron chi connectivity index (χ3n) is 4.83. The van der Waals surface area contributed by atoms with Crippen molar-refractivity contribution < 1.29 is 20.1 Å². The highest BCUT2D eigenvalue weighted by molar-refractivity contribution is 5.07. The van der Waals surface area contributed by atoms with Gasteiger partial charge in [0.25, 0.3) is 0 Å². The minimum atomic E-state index is -1.14. The number of aliphatic hydroxyl groups excluding tert-OH is 3. The summed E-state index contributed by atoms with van der Waals surface area (Å²) in [5.41, 5.74) is 5.66. The van der Waals surface area contributed by atoms with Gasteiger partial charge in [-0.1, -0.05) is 46.6 Å². The van der Waals surface area contributed by atoms with E-state index in [4.69, 9.17) is 9.84 Å². The second kappa shape index (κ2) is 17.6. The molecular formula is C25H44O4. The van der Waals surface area contributed by atoms with Crippen LogP contribution in [0.1, 0.15) is 79.6 Å². The molecule has 0 unspecified atom stereocenters. The van der Waals surface area contributed by atoms with Gasteiger partial charge in [0.05, 0.1) is 19.8 Å². The van der Waals surface area contributed by atoms with E-state index in [1.807, 2.05) is 0 Å². The molecule has 0 amide bonds. The molecule has 168 valence electrons. The Morgan fingerprint density at radius 1 is 0.690 bits per heavy atom. The van der Waals surface area contributed by atoms with Crippen LogP contribution in [0.15, 0.2) is 46.6 Å². The summed E-state index contributed by atoms with van der Waals surface area (Å²) >= 11 is 0. The molecule has 0 rings (SSSR count). The monoisotopic (exact) mass is 408 g/mol. The summed E-state index contributed by atoms with van der Waals surface area (Å²) in [6.07, 6.45) is 14.4. The van der Waals surface area contributed by atoms with Crippen LogP contribution in [0.2, 0.25) is 0 Å². The Morgan fingerprint density at radius 2 is 1.14 bits per heavy atom. The van der Waals surface area contributed by atoms with Crippen molar-refractivity contribution in [2.24, 2.45) is 0 Å². The second-order valence-corrected chi connectivity index (χ2v) is 8.23. The Bertz CT molecular complexity index is 539. The van der Waals surface area contributed by atoms with E-state index < -0.39 is 18.8 Å². The molecule has 4 heteroatoms. The fourth-order valence-corrected chi connectivity index (χ4v) is 2.81. The first-order valence-electron chi connectivity index (χ1n) is 10.9. The summed E-state index contributed by atoms with van der Waals surface area (Å²) in [5.74, 6) is 0. The predicted molar refractivity (Wildman–Crippen MR) is 123 cm³/mol. The first-order valence-corrected chi connectivity index (χ1v) is 10.9. The number of aliphatic hydroxyl groups is 3. The number of allylic oxidation sites excluding steroid dienone is 7. The van der Waals surface area contributed by atoms with E-state index in [1.165, 1.54) is 22.3 Å². The molecule has 0 aromatic carbocycles. The molecule has 0 bridgehead atoms. The van der Waals surface area contributed by atoms with Crippen LogP contribution < -0.4 is 0 Å². The van der Waals surface area contributed by atoms with E-state index in [0.29, 0.717) is 6.61 Å². The lowest BCUT2D eigenvalue weighted by Crippen LogP contribution is -2.33. The number of hydrogen-bond donors (Lipinski definition) is 3. The zero-order valence-corrected chi connectivity index (χ0v) is 19.3. The highest BCUT2D eigenvalue weighted by Crippen LogP contribution is 2.13. The van der Waals surface area contributed by atoms with Crippen LogP contribution in [0, 0.1) is 0 Å². The van der Waals surface area contributed by atoms with Crippen LogP contribution in [0.5, 0.6) is 0 Å². The highest BCUT2D eigenvalue weighted by atomic mass is 16.5. The quantitative estimate of drug-likeness (QED) is 0.241. The van der Waals surface area contributed by atoms with Crippen molar-refractivity contribution in [1.29, 1.82) is 0 Å². The molecule has 0 spiro atoms. The lowest BCUT2D eigenvalue weighted by Gasteiger charge is -2.15. The van der Waals surface area contributed by atoms with Gasteiger partial charge in [-0.2, -0.15) is 0 Å². The standard InChI is InChI=1S/C25H44O4/c1-20(2)10-6-11-21(3)12-7-13-22(4)14-8-15-23(5)16-9-17-29-19-25(28)24(27)18-26/h10,12,14,16,24-28H,6-9,11,13,15,17-19H2,1-5H3/t24-,25+/m1/s1. The van der Waals surface area contributed by atoms with Gasteiger partial charge in [-0.3, -0.25) is 0 Å². The summed E-state index contributed by atoms with van der Waals surface area (Å²) in [6.45, 7) is 11.0. The van der Waals surface area contributed by atoms with Crippen LogP contribution in [0.3, 0.4) is 0 Å². The van der Waals surface area contributed by atoms with Gasteiger partial charge in [0.1, 0.15) is 12.2 Å². The second-order valence-electron chi connectivity index (χ2n) is 8.23. The van der Waals surface area contributed by atoms with Crippen molar-refractivity contribution in [2.75, 3.05) is 19.8 Å². The van der Waals surface area contributed by atoms with Gasteiger partial charge >= 0.3 is 0 Å². The average molecular weight is 409 g/mol. The van der Waals surface area contributed by atoms with Crippen molar-refractivity contribution in [3.05, 3.63) is 46.6 Å². The molecule has 0 aliphatic carbocycles. The maximum absolute atomic E-state index is 9.48. The molecule has 0 aromatic heterocycles. The van der Waals surface area contributed by atoms with Crippen molar-refractivity contribution in [1.82, 2.24) is 0 Å². The zero-order valence-electron chi connectivity index (χ0n) is 19.3. The Balaban J connectivity index is 3.94. The van der Waals surface area contributed by atoms with Crippen molar-refractivity contribution in [2.45, 2.75) is 91.8 Å². The van der Waals surface area contributed by atoms with Crippen LogP contribution >= 0.6 is 0 Å².